The Labute approximate surface area is 153 Å². The van der Waals surface area contributed by atoms with Crippen LogP contribution in [0.4, 0.5) is 0 Å². The number of rotatable bonds is 5. The van der Waals surface area contributed by atoms with Crippen molar-refractivity contribution in [3.05, 3.63) is 12.2 Å². The van der Waals surface area contributed by atoms with E-state index in [2.05, 4.69) is 6.58 Å². The first-order valence-electron chi connectivity index (χ1n) is 9.64. The van der Waals surface area contributed by atoms with Crippen molar-refractivity contribution in [2.45, 2.75) is 76.6 Å². The molecule has 6 heteroatoms. The van der Waals surface area contributed by atoms with E-state index in [4.69, 9.17) is 14.2 Å². The Kier molecular flexibility index (Phi) is 3.93. The summed E-state index contributed by atoms with van der Waals surface area (Å²) >= 11 is 0. The van der Waals surface area contributed by atoms with Crippen LogP contribution in [0.1, 0.15) is 58.8 Å². The van der Waals surface area contributed by atoms with Gasteiger partial charge in [0.25, 0.3) is 0 Å². The zero-order chi connectivity index (χ0) is 18.7. The summed E-state index contributed by atoms with van der Waals surface area (Å²) in [6, 6.07) is 0. The lowest BCUT2D eigenvalue weighted by Gasteiger charge is -2.35. The van der Waals surface area contributed by atoms with Gasteiger partial charge in [-0.25, -0.2) is 4.79 Å². The number of hydrogen-bond donors (Lipinski definition) is 0. The van der Waals surface area contributed by atoms with E-state index in [0.29, 0.717) is 18.4 Å². The van der Waals surface area contributed by atoms with Crippen LogP contribution in [0, 0.1) is 17.3 Å². The van der Waals surface area contributed by atoms with E-state index >= 15 is 0 Å². The lowest BCUT2D eigenvalue weighted by Crippen LogP contribution is -2.48. The highest BCUT2D eigenvalue weighted by Crippen LogP contribution is 2.63. The molecular formula is C20H26O6. The summed E-state index contributed by atoms with van der Waals surface area (Å²) in [5.74, 6) is -1.71. The highest BCUT2D eigenvalue weighted by molar-refractivity contribution is 6.03. The van der Waals surface area contributed by atoms with E-state index in [9.17, 15) is 14.4 Å². The summed E-state index contributed by atoms with van der Waals surface area (Å²) in [5.41, 5.74) is -1.32. The van der Waals surface area contributed by atoms with Crippen LogP contribution in [0.5, 0.6) is 0 Å². The molecule has 1 saturated heterocycles. The van der Waals surface area contributed by atoms with Gasteiger partial charge in [-0.2, -0.15) is 0 Å². The molecule has 26 heavy (non-hydrogen) atoms. The van der Waals surface area contributed by atoms with Crippen molar-refractivity contribution in [1.29, 1.82) is 0 Å². The predicted molar refractivity (Wildman–Crippen MR) is 90.8 cm³/mol. The molecule has 142 valence electrons. The van der Waals surface area contributed by atoms with Gasteiger partial charge in [-0.1, -0.05) is 13.5 Å². The number of ether oxygens (including phenoxy) is 3. The first-order chi connectivity index (χ1) is 12.3. The van der Waals surface area contributed by atoms with E-state index in [-0.39, 0.29) is 11.8 Å². The van der Waals surface area contributed by atoms with Crippen LogP contribution in [-0.4, -0.2) is 35.7 Å². The van der Waals surface area contributed by atoms with Gasteiger partial charge in [-0.15, -0.1) is 0 Å². The van der Waals surface area contributed by atoms with Gasteiger partial charge in [0.05, 0.1) is 0 Å². The van der Waals surface area contributed by atoms with Crippen LogP contribution in [-0.2, 0) is 28.6 Å². The minimum Gasteiger partial charge on any atom is -0.458 e. The van der Waals surface area contributed by atoms with E-state index < -0.39 is 41.1 Å². The Hall–Kier alpha value is -1.85. The fraction of sp³-hybridized carbons (Fsp3) is 0.750. The van der Waals surface area contributed by atoms with Gasteiger partial charge in [0, 0.05) is 17.4 Å². The Balaban J connectivity index is 1.54. The van der Waals surface area contributed by atoms with E-state index in [1.165, 1.54) is 0 Å². The summed E-state index contributed by atoms with van der Waals surface area (Å²) in [7, 11) is 0. The second-order valence-corrected chi connectivity index (χ2v) is 8.43. The lowest BCUT2D eigenvalue weighted by molar-refractivity contribution is -0.178. The van der Waals surface area contributed by atoms with E-state index in [0.717, 1.165) is 32.1 Å². The largest absolute Gasteiger partial charge is 0.458 e. The molecule has 0 aromatic heterocycles. The summed E-state index contributed by atoms with van der Waals surface area (Å²) in [6.07, 6.45) is 4.55. The monoisotopic (exact) mass is 362 g/mol. The van der Waals surface area contributed by atoms with Crippen molar-refractivity contribution < 1.29 is 28.6 Å². The SMILES string of the molecule is C=C(C)C(=O)OC1C2CC3C1OC(=O)C3(C(=O)OC1(CC)CCCC1)C2. The van der Waals surface area contributed by atoms with Crippen molar-refractivity contribution in [2.24, 2.45) is 17.3 Å². The predicted octanol–water partition coefficient (Wildman–Crippen LogP) is 2.69. The Morgan fingerprint density at radius 3 is 2.62 bits per heavy atom. The zero-order valence-electron chi connectivity index (χ0n) is 15.4. The molecule has 5 unspecified atom stereocenters. The summed E-state index contributed by atoms with van der Waals surface area (Å²) in [4.78, 5) is 37.7. The Morgan fingerprint density at radius 1 is 1.31 bits per heavy atom. The zero-order valence-corrected chi connectivity index (χ0v) is 15.4. The number of carbonyl (C=O) groups is 3. The minimum atomic E-state index is -1.20. The van der Waals surface area contributed by atoms with Gasteiger partial charge in [0.15, 0.2) is 5.41 Å². The van der Waals surface area contributed by atoms with Crippen LogP contribution in [0.3, 0.4) is 0 Å². The average Bonchev–Trinajstić information content (AvgIpc) is 3.32. The van der Waals surface area contributed by atoms with Crippen LogP contribution in [0.2, 0.25) is 0 Å². The fourth-order valence-electron chi connectivity index (χ4n) is 5.49. The normalized spacial score (nSPS) is 38.9. The lowest BCUT2D eigenvalue weighted by atomic mass is 9.73. The van der Waals surface area contributed by atoms with Crippen molar-refractivity contribution in [3.8, 4) is 0 Å². The number of hydrogen-bond acceptors (Lipinski definition) is 6. The molecule has 1 aliphatic heterocycles. The molecular weight excluding hydrogens is 336 g/mol. The average molecular weight is 362 g/mol. The molecule has 0 aromatic rings. The first kappa shape index (κ1) is 17.6. The second-order valence-electron chi connectivity index (χ2n) is 8.43. The van der Waals surface area contributed by atoms with Crippen molar-refractivity contribution >= 4 is 17.9 Å². The van der Waals surface area contributed by atoms with Crippen LogP contribution in [0.15, 0.2) is 12.2 Å². The summed E-state index contributed by atoms with van der Waals surface area (Å²) in [6.45, 7) is 7.21. The Bertz CT molecular complexity index is 676. The van der Waals surface area contributed by atoms with Gasteiger partial charge in [0.2, 0.25) is 0 Å². The molecule has 0 spiro atoms. The van der Waals surface area contributed by atoms with Crippen LogP contribution in [0.25, 0.3) is 0 Å². The quantitative estimate of drug-likeness (QED) is 0.324. The van der Waals surface area contributed by atoms with Gasteiger partial charge >= 0.3 is 17.9 Å². The maximum atomic E-state index is 13.1. The third kappa shape index (κ3) is 2.26. The molecule has 6 nitrogen and oxygen atoms in total. The smallest absolute Gasteiger partial charge is 0.333 e. The molecule has 0 radical (unpaired) electrons. The van der Waals surface area contributed by atoms with Gasteiger partial charge in [-0.3, -0.25) is 9.59 Å². The van der Waals surface area contributed by atoms with Crippen molar-refractivity contribution in [1.82, 2.24) is 0 Å². The molecule has 1 heterocycles. The highest BCUT2D eigenvalue weighted by Gasteiger charge is 2.75. The first-order valence-corrected chi connectivity index (χ1v) is 9.64. The molecule has 3 saturated carbocycles. The topological polar surface area (TPSA) is 78.9 Å². The summed E-state index contributed by atoms with van der Waals surface area (Å²) < 4.78 is 17.0. The molecule has 4 rings (SSSR count). The van der Waals surface area contributed by atoms with Crippen molar-refractivity contribution in [2.75, 3.05) is 0 Å². The third-order valence-electron chi connectivity index (χ3n) is 6.99. The van der Waals surface area contributed by atoms with Crippen molar-refractivity contribution in [3.63, 3.8) is 0 Å². The summed E-state index contributed by atoms with van der Waals surface area (Å²) in [5, 5.41) is 0. The van der Waals surface area contributed by atoms with Gasteiger partial charge in [0.1, 0.15) is 17.8 Å². The number of carbonyl (C=O) groups excluding carboxylic acids is 3. The van der Waals surface area contributed by atoms with Gasteiger partial charge < -0.3 is 14.2 Å². The molecule has 0 N–H and O–H groups in total. The maximum Gasteiger partial charge on any atom is 0.333 e. The number of esters is 3. The Morgan fingerprint density at radius 2 is 2.00 bits per heavy atom. The van der Waals surface area contributed by atoms with E-state index in [1.54, 1.807) is 6.92 Å². The molecule has 0 aromatic carbocycles. The molecule has 5 atom stereocenters. The fourth-order valence-corrected chi connectivity index (χ4v) is 5.49. The van der Waals surface area contributed by atoms with Crippen LogP contribution >= 0.6 is 0 Å². The molecule has 3 aliphatic carbocycles. The van der Waals surface area contributed by atoms with Gasteiger partial charge in [-0.05, 0) is 51.9 Å². The highest BCUT2D eigenvalue weighted by atomic mass is 16.6. The minimum absolute atomic E-state index is 0.0477. The third-order valence-corrected chi connectivity index (χ3v) is 6.99. The molecule has 4 fully saturated rings. The molecule has 2 bridgehead atoms. The van der Waals surface area contributed by atoms with E-state index in [1.807, 2.05) is 6.92 Å². The second kappa shape index (κ2) is 5.83. The molecule has 0 amide bonds. The maximum absolute atomic E-state index is 13.1. The number of fused-ring (bicyclic) bond motifs is 1. The molecule has 4 aliphatic rings. The standard InChI is InChI=1S/C20H26O6/c1-4-19(7-5-6-8-19)26-18(23)20-10-12-9-13(20)15(25-17(20)22)14(12)24-16(21)11(2)3/h12-15H,2,4-10H2,1,3H3. The van der Waals surface area contributed by atoms with Crippen LogP contribution < -0.4 is 0 Å².